The van der Waals surface area contributed by atoms with Crippen molar-refractivity contribution in [3.63, 3.8) is 0 Å². The number of ether oxygens (including phenoxy) is 2. The molecule has 8 aromatic carbocycles. The fourth-order valence-corrected chi connectivity index (χ4v) is 7.42. The molecule has 0 radical (unpaired) electrons. The zero-order valence-electron chi connectivity index (χ0n) is 26.5. The molecule has 0 saturated heterocycles. The van der Waals surface area contributed by atoms with Crippen molar-refractivity contribution in [1.29, 1.82) is 10.5 Å². The van der Waals surface area contributed by atoms with Crippen molar-refractivity contribution in [2.45, 2.75) is 0 Å². The van der Waals surface area contributed by atoms with Crippen LogP contribution in [0.5, 0.6) is 23.0 Å². The maximum Gasteiger partial charge on any atom is 0.151 e. The molecule has 0 unspecified atom stereocenters. The number of anilines is 6. The Balaban J connectivity index is 1.33. The van der Waals surface area contributed by atoms with Crippen molar-refractivity contribution in [1.82, 2.24) is 0 Å². The lowest BCUT2D eigenvalue weighted by Gasteiger charge is -2.38. The van der Waals surface area contributed by atoms with Gasteiger partial charge in [-0.2, -0.15) is 10.5 Å². The molecular formula is C44H24N4O2. The predicted molar refractivity (Wildman–Crippen MR) is 198 cm³/mol. The fraction of sp³-hybridized carbons (Fsp3) is 0. The van der Waals surface area contributed by atoms with Crippen molar-refractivity contribution in [3.05, 3.63) is 157 Å². The molecule has 0 amide bonds. The third-order valence-corrected chi connectivity index (χ3v) is 9.65. The maximum atomic E-state index is 9.86. The van der Waals surface area contributed by atoms with E-state index < -0.39 is 0 Å². The predicted octanol–water partition coefficient (Wildman–Crippen LogP) is 12.0. The van der Waals surface area contributed by atoms with Crippen LogP contribution in [0.25, 0.3) is 32.3 Å². The van der Waals surface area contributed by atoms with E-state index in [1.54, 1.807) is 6.07 Å². The zero-order valence-corrected chi connectivity index (χ0v) is 26.5. The molecule has 10 rings (SSSR count). The highest BCUT2D eigenvalue weighted by Gasteiger charge is 2.33. The third-order valence-electron chi connectivity index (χ3n) is 9.65. The van der Waals surface area contributed by atoms with Gasteiger partial charge in [0.2, 0.25) is 0 Å². The summed E-state index contributed by atoms with van der Waals surface area (Å²) in [5.74, 6) is 3.08. The van der Waals surface area contributed by atoms with Crippen LogP contribution in [0, 0.1) is 22.7 Å². The first-order valence-electron chi connectivity index (χ1n) is 16.3. The molecule has 0 saturated carbocycles. The molecule has 232 valence electrons. The first kappa shape index (κ1) is 27.8. The van der Waals surface area contributed by atoms with Gasteiger partial charge in [0.1, 0.15) is 12.1 Å². The van der Waals surface area contributed by atoms with E-state index in [1.165, 1.54) is 0 Å². The summed E-state index contributed by atoms with van der Waals surface area (Å²) in [7, 11) is 0. The average molecular weight is 641 g/mol. The number of benzene rings is 8. The van der Waals surface area contributed by atoms with Crippen molar-refractivity contribution in [2.24, 2.45) is 0 Å². The lowest BCUT2D eigenvalue weighted by molar-refractivity contribution is 0.476. The van der Waals surface area contributed by atoms with Crippen LogP contribution < -0.4 is 19.3 Å². The van der Waals surface area contributed by atoms with Crippen molar-refractivity contribution >= 4 is 66.4 Å². The molecular weight excluding hydrogens is 617 g/mol. The second-order valence-corrected chi connectivity index (χ2v) is 12.4. The van der Waals surface area contributed by atoms with Gasteiger partial charge in [0.05, 0.1) is 45.3 Å². The molecule has 6 heteroatoms. The summed E-state index contributed by atoms with van der Waals surface area (Å²) in [6.45, 7) is 0. The summed E-state index contributed by atoms with van der Waals surface area (Å²) in [6, 6.07) is 53.5. The Bertz CT molecular complexity index is 2740. The van der Waals surface area contributed by atoms with Crippen LogP contribution in [-0.2, 0) is 0 Å². The SMILES string of the molecule is N#Cc1cc2ccc3c4cc(N5c6ccccc6Oc6ccccc65)c(N5c6ccccc6Oc6ccccc65)cc4ccc3c2cc1C#N. The zero-order chi connectivity index (χ0) is 33.3. The summed E-state index contributed by atoms with van der Waals surface area (Å²) < 4.78 is 12.9. The second kappa shape index (κ2) is 10.6. The van der Waals surface area contributed by atoms with Gasteiger partial charge < -0.3 is 19.3 Å². The van der Waals surface area contributed by atoms with E-state index in [2.05, 4.69) is 76.5 Å². The largest absolute Gasteiger partial charge is 0.453 e. The van der Waals surface area contributed by atoms with Gasteiger partial charge in [0.15, 0.2) is 23.0 Å². The standard InChI is InChI=1S/C44H24N4O2/c45-25-29-21-27-17-19-32-31(33(27)22-30(29)26-46)20-18-28-23-39(47-35-9-1-5-13-41(35)49-42-14-6-2-10-36(42)47)40(24-34(28)32)48-37-11-3-7-15-43(37)50-44-16-8-4-12-38(44)48/h1-24H. The highest BCUT2D eigenvalue weighted by molar-refractivity contribution is 6.19. The maximum absolute atomic E-state index is 9.86. The van der Waals surface area contributed by atoms with E-state index in [0.29, 0.717) is 11.1 Å². The molecule has 0 aliphatic carbocycles. The minimum absolute atomic E-state index is 0.370. The van der Waals surface area contributed by atoms with E-state index >= 15 is 0 Å². The van der Waals surface area contributed by atoms with E-state index in [1.807, 2.05) is 84.9 Å². The number of hydrogen-bond acceptors (Lipinski definition) is 6. The van der Waals surface area contributed by atoms with Gasteiger partial charge in [-0.3, -0.25) is 0 Å². The number of nitrogens with zero attached hydrogens (tertiary/aromatic N) is 4. The minimum Gasteiger partial charge on any atom is -0.453 e. The monoisotopic (exact) mass is 640 g/mol. The Morgan fingerprint density at radius 2 is 0.740 bits per heavy atom. The molecule has 0 fully saturated rings. The molecule has 0 atom stereocenters. The van der Waals surface area contributed by atoms with Crippen LogP contribution in [-0.4, -0.2) is 0 Å². The van der Waals surface area contributed by atoms with Crippen molar-refractivity contribution < 1.29 is 9.47 Å². The molecule has 0 spiro atoms. The lowest BCUT2D eigenvalue weighted by Crippen LogP contribution is -2.21. The van der Waals surface area contributed by atoms with E-state index in [-0.39, 0.29) is 0 Å². The number of nitriles is 2. The fourth-order valence-electron chi connectivity index (χ4n) is 7.42. The van der Waals surface area contributed by atoms with Crippen LogP contribution in [0.2, 0.25) is 0 Å². The molecule has 6 nitrogen and oxygen atoms in total. The van der Waals surface area contributed by atoms with Gasteiger partial charge in [0, 0.05) is 0 Å². The Morgan fingerprint density at radius 1 is 0.360 bits per heavy atom. The summed E-state index contributed by atoms with van der Waals surface area (Å²) in [5, 5.41) is 25.6. The molecule has 8 aromatic rings. The second-order valence-electron chi connectivity index (χ2n) is 12.4. The smallest absolute Gasteiger partial charge is 0.151 e. The molecule has 50 heavy (non-hydrogen) atoms. The van der Waals surface area contributed by atoms with Crippen LogP contribution in [0.4, 0.5) is 34.1 Å². The molecule has 2 aliphatic rings. The Hall–Kier alpha value is -7.28. The van der Waals surface area contributed by atoms with Gasteiger partial charge in [-0.25, -0.2) is 0 Å². The first-order valence-corrected chi connectivity index (χ1v) is 16.3. The van der Waals surface area contributed by atoms with Crippen LogP contribution in [0.15, 0.2) is 146 Å². The molecule has 2 aliphatic heterocycles. The summed E-state index contributed by atoms with van der Waals surface area (Å²) in [6.07, 6.45) is 0. The topological polar surface area (TPSA) is 72.5 Å². The quantitative estimate of drug-likeness (QED) is 0.175. The normalized spacial score (nSPS) is 12.6. The van der Waals surface area contributed by atoms with Gasteiger partial charge in [0.25, 0.3) is 0 Å². The van der Waals surface area contributed by atoms with Crippen LogP contribution >= 0.6 is 0 Å². The van der Waals surface area contributed by atoms with Crippen LogP contribution in [0.3, 0.4) is 0 Å². The van der Waals surface area contributed by atoms with E-state index in [4.69, 9.17) is 9.47 Å². The van der Waals surface area contributed by atoms with E-state index in [9.17, 15) is 10.5 Å². The Labute approximate surface area is 287 Å². The van der Waals surface area contributed by atoms with Gasteiger partial charge >= 0.3 is 0 Å². The van der Waals surface area contributed by atoms with E-state index in [0.717, 1.165) is 89.4 Å². The highest BCUT2D eigenvalue weighted by Crippen LogP contribution is 2.57. The third kappa shape index (κ3) is 4.00. The summed E-state index contributed by atoms with van der Waals surface area (Å²) >= 11 is 0. The number of fused-ring (bicyclic) bond motifs is 9. The Kier molecular flexibility index (Phi) is 5.90. The molecule has 0 bridgehead atoms. The molecule has 2 heterocycles. The minimum atomic E-state index is 0.370. The molecule has 0 N–H and O–H groups in total. The lowest BCUT2D eigenvalue weighted by atomic mass is 9.93. The number of hydrogen-bond donors (Lipinski definition) is 0. The van der Waals surface area contributed by atoms with Gasteiger partial charge in [-0.1, -0.05) is 72.8 Å². The summed E-state index contributed by atoms with van der Waals surface area (Å²) in [5.41, 5.74) is 6.40. The van der Waals surface area contributed by atoms with Crippen molar-refractivity contribution in [3.8, 4) is 35.1 Å². The number of rotatable bonds is 2. The molecule has 0 aromatic heterocycles. The van der Waals surface area contributed by atoms with Gasteiger partial charge in [-0.15, -0.1) is 0 Å². The highest BCUT2D eigenvalue weighted by atomic mass is 16.5. The first-order chi connectivity index (χ1) is 24.7. The number of para-hydroxylation sites is 8. The van der Waals surface area contributed by atoms with Gasteiger partial charge in [-0.05, 0) is 105 Å². The summed E-state index contributed by atoms with van der Waals surface area (Å²) in [4.78, 5) is 4.58. The average Bonchev–Trinajstić information content (AvgIpc) is 3.17. The van der Waals surface area contributed by atoms with Crippen molar-refractivity contribution in [2.75, 3.05) is 9.80 Å². The Morgan fingerprint density at radius 3 is 1.20 bits per heavy atom. The van der Waals surface area contributed by atoms with Crippen LogP contribution in [0.1, 0.15) is 11.1 Å².